The Balaban J connectivity index is 2.86. The number of methoxy groups -OCH3 is 1. The topological polar surface area (TPSA) is 34.2 Å². The quantitative estimate of drug-likeness (QED) is 0.789. The molecule has 1 N–H and O–H groups in total. The van der Waals surface area contributed by atoms with Crippen molar-refractivity contribution in [2.45, 2.75) is 39.7 Å². The molecule has 0 bridgehead atoms. The Bertz CT molecular complexity index is 326. The number of nitrogens with one attached hydrogen (secondary N) is 1. The van der Waals surface area contributed by atoms with Crippen molar-refractivity contribution in [2.75, 3.05) is 13.7 Å². The summed E-state index contributed by atoms with van der Waals surface area (Å²) in [5.74, 6) is 1.39. The Morgan fingerprint density at radius 2 is 2.18 bits per heavy atom. The van der Waals surface area contributed by atoms with Crippen LogP contribution in [-0.2, 0) is 0 Å². The van der Waals surface area contributed by atoms with Crippen molar-refractivity contribution in [3.05, 3.63) is 23.9 Å². The van der Waals surface area contributed by atoms with E-state index >= 15 is 0 Å². The largest absolute Gasteiger partial charge is 0.481 e. The molecular weight excluding hydrogens is 212 g/mol. The Morgan fingerprint density at radius 3 is 2.76 bits per heavy atom. The molecule has 1 atom stereocenters. The fraction of sp³-hybridized carbons (Fsp3) is 0.643. The highest BCUT2D eigenvalue weighted by Gasteiger charge is 2.17. The smallest absolute Gasteiger partial charge is 0.217 e. The standard InChI is InChI=1S/C14H24N2O/c1-5-8-15-13(10-11(2)3)12-7-6-9-16-14(12)17-4/h6-7,9,11,13,15H,5,8,10H2,1-4H3. The molecule has 1 aromatic rings. The van der Waals surface area contributed by atoms with Crippen LogP contribution in [-0.4, -0.2) is 18.6 Å². The summed E-state index contributed by atoms with van der Waals surface area (Å²) in [4.78, 5) is 4.27. The van der Waals surface area contributed by atoms with E-state index < -0.39 is 0 Å². The van der Waals surface area contributed by atoms with Crippen LogP contribution in [0.1, 0.15) is 45.2 Å². The second kappa shape index (κ2) is 7.28. The van der Waals surface area contributed by atoms with E-state index in [1.54, 1.807) is 13.3 Å². The van der Waals surface area contributed by atoms with Crippen LogP contribution < -0.4 is 10.1 Å². The molecule has 0 aromatic carbocycles. The first kappa shape index (κ1) is 14.0. The number of hydrogen-bond acceptors (Lipinski definition) is 3. The van der Waals surface area contributed by atoms with Gasteiger partial charge in [-0.1, -0.05) is 26.8 Å². The Morgan fingerprint density at radius 1 is 1.41 bits per heavy atom. The molecule has 0 aliphatic rings. The average molecular weight is 236 g/mol. The minimum absolute atomic E-state index is 0.332. The van der Waals surface area contributed by atoms with Gasteiger partial charge in [0.15, 0.2) is 0 Å². The molecule has 1 unspecified atom stereocenters. The Kier molecular flexibility index (Phi) is 5.98. The maximum Gasteiger partial charge on any atom is 0.217 e. The van der Waals surface area contributed by atoms with Gasteiger partial charge in [-0.15, -0.1) is 0 Å². The lowest BCUT2D eigenvalue weighted by molar-refractivity contribution is 0.368. The molecular formula is C14H24N2O. The minimum Gasteiger partial charge on any atom is -0.481 e. The maximum absolute atomic E-state index is 5.34. The van der Waals surface area contributed by atoms with Crippen LogP contribution in [0.25, 0.3) is 0 Å². The van der Waals surface area contributed by atoms with Crippen LogP contribution in [0.15, 0.2) is 18.3 Å². The SMILES string of the molecule is CCCNC(CC(C)C)c1cccnc1OC. The van der Waals surface area contributed by atoms with Crippen LogP contribution in [0.5, 0.6) is 5.88 Å². The van der Waals surface area contributed by atoms with E-state index in [9.17, 15) is 0 Å². The van der Waals surface area contributed by atoms with E-state index in [-0.39, 0.29) is 0 Å². The summed E-state index contributed by atoms with van der Waals surface area (Å²) < 4.78 is 5.34. The highest BCUT2D eigenvalue weighted by atomic mass is 16.5. The number of nitrogens with zero attached hydrogens (tertiary/aromatic N) is 1. The van der Waals surface area contributed by atoms with Crippen LogP contribution >= 0.6 is 0 Å². The van der Waals surface area contributed by atoms with Gasteiger partial charge in [-0.3, -0.25) is 0 Å². The third kappa shape index (κ3) is 4.35. The molecule has 0 spiro atoms. The van der Waals surface area contributed by atoms with Gasteiger partial charge >= 0.3 is 0 Å². The van der Waals surface area contributed by atoms with Crippen molar-refractivity contribution >= 4 is 0 Å². The van der Waals surface area contributed by atoms with Crippen LogP contribution in [0.4, 0.5) is 0 Å². The fourth-order valence-corrected chi connectivity index (χ4v) is 1.95. The molecule has 0 amide bonds. The van der Waals surface area contributed by atoms with Gasteiger partial charge in [0.25, 0.3) is 0 Å². The van der Waals surface area contributed by atoms with Gasteiger partial charge in [-0.25, -0.2) is 4.98 Å². The van der Waals surface area contributed by atoms with E-state index in [4.69, 9.17) is 4.74 Å². The van der Waals surface area contributed by atoms with E-state index in [0.717, 1.165) is 30.8 Å². The lowest BCUT2D eigenvalue weighted by atomic mass is 9.97. The number of ether oxygens (including phenoxy) is 1. The number of pyridine rings is 1. The first-order valence-corrected chi connectivity index (χ1v) is 6.41. The Hall–Kier alpha value is -1.09. The van der Waals surface area contributed by atoms with E-state index in [1.807, 2.05) is 6.07 Å². The first-order valence-electron chi connectivity index (χ1n) is 6.41. The van der Waals surface area contributed by atoms with Crippen molar-refractivity contribution in [3.8, 4) is 5.88 Å². The van der Waals surface area contributed by atoms with Gasteiger partial charge in [-0.05, 0) is 31.4 Å². The zero-order chi connectivity index (χ0) is 12.7. The number of aromatic nitrogens is 1. The summed E-state index contributed by atoms with van der Waals surface area (Å²) in [6.45, 7) is 7.68. The van der Waals surface area contributed by atoms with Crippen molar-refractivity contribution in [3.63, 3.8) is 0 Å². The molecule has 0 aliphatic carbocycles. The Labute approximate surface area is 105 Å². The molecule has 96 valence electrons. The molecule has 0 radical (unpaired) electrons. The molecule has 17 heavy (non-hydrogen) atoms. The second-order valence-corrected chi connectivity index (χ2v) is 4.74. The van der Waals surface area contributed by atoms with Gasteiger partial charge in [0.1, 0.15) is 0 Å². The zero-order valence-electron chi connectivity index (χ0n) is 11.4. The normalized spacial score (nSPS) is 12.8. The maximum atomic E-state index is 5.34. The molecule has 0 saturated carbocycles. The average Bonchev–Trinajstić information content (AvgIpc) is 2.34. The van der Waals surface area contributed by atoms with Crippen LogP contribution in [0.3, 0.4) is 0 Å². The molecule has 0 saturated heterocycles. The second-order valence-electron chi connectivity index (χ2n) is 4.74. The lowest BCUT2D eigenvalue weighted by Gasteiger charge is -2.22. The first-order chi connectivity index (χ1) is 8.19. The van der Waals surface area contributed by atoms with Crippen LogP contribution in [0.2, 0.25) is 0 Å². The molecule has 0 aliphatic heterocycles. The molecule has 1 heterocycles. The van der Waals surface area contributed by atoms with Crippen molar-refractivity contribution in [1.29, 1.82) is 0 Å². The molecule has 1 rings (SSSR count). The highest BCUT2D eigenvalue weighted by molar-refractivity contribution is 5.28. The van der Waals surface area contributed by atoms with Crippen molar-refractivity contribution < 1.29 is 4.74 Å². The van der Waals surface area contributed by atoms with Gasteiger partial charge in [0.05, 0.1) is 7.11 Å². The third-order valence-electron chi connectivity index (χ3n) is 2.72. The molecule has 0 fully saturated rings. The van der Waals surface area contributed by atoms with Gasteiger partial charge < -0.3 is 10.1 Å². The summed E-state index contributed by atoms with van der Waals surface area (Å²) in [6, 6.07) is 4.40. The van der Waals surface area contributed by atoms with Gasteiger partial charge in [-0.2, -0.15) is 0 Å². The van der Waals surface area contributed by atoms with Crippen LogP contribution in [0, 0.1) is 5.92 Å². The summed E-state index contributed by atoms with van der Waals surface area (Å²) in [6.07, 6.45) is 4.01. The third-order valence-corrected chi connectivity index (χ3v) is 2.72. The predicted molar refractivity (Wildman–Crippen MR) is 71.3 cm³/mol. The lowest BCUT2D eigenvalue weighted by Crippen LogP contribution is -2.24. The van der Waals surface area contributed by atoms with E-state index in [1.165, 1.54) is 0 Å². The summed E-state index contributed by atoms with van der Waals surface area (Å²) in [7, 11) is 1.68. The van der Waals surface area contributed by atoms with Gasteiger partial charge in [0.2, 0.25) is 5.88 Å². The van der Waals surface area contributed by atoms with Crippen molar-refractivity contribution in [1.82, 2.24) is 10.3 Å². The fourth-order valence-electron chi connectivity index (χ4n) is 1.95. The summed E-state index contributed by atoms with van der Waals surface area (Å²) >= 11 is 0. The monoisotopic (exact) mass is 236 g/mol. The minimum atomic E-state index is 0.332. The highest BCUT2D eigenvalue weighted by Crippen LogP contribution is 2.27. The number of hydrogen-bond donors (Lipinski definition) is 1. The van der Waals surface area contributed by atoms with E-state index in [0.29, 0.717) is 12.0 Å². The van der Waals surface area contributed by atoms with Gasteiger partial charge in [0, 0.05) is 17.8 Å². The van der Waals surface area contributed by atoms with Crippen molar-refractivity contribution in [2.24, 2.45) is 5.92 Å². The summed E-state index contributed by atoms with van der Waals surface area (Å²) in [5.41, 5.74) is 1.16. The molecule has 3 heteroatoms. The molecule has 1 aromatic heterocycles. The number of rotatable bonds is 7. The zero-order valence-corrected chi connectivity index (χ0v) is 11.4. The predicted octanol–water partition coefficient (Wildman–Crippen LogP) is 3.18. The molecule has 3 nitrogen and oxygen atoms in total. The van der Waals surface area contributed by atoms with E-state index in [2.05, 4.69) is 37.1 Å². The summed E-state index contributed by atoms with van der Waals surface area (Å²) in [5, 5.41) is 3.57.